The van der Waals surface area contributed by atoms with Gasteiger partial charge in [0.15, 0.2) is 0 Å². The highest BCUT2D eigenvalue weighted by Gasteiger charge is 2.02. The summed E-state index contributed by atoms with van der Waals surface area (Å²) < 4.78 is 0. The Morgan fingerprint density at radius 3 is 2.61 bits per heavy atom. The van der Waals surface area contributed by atoms with Crippen LogP contribution in [-0.4, -0.2) is 11.5 Å². The average Bonchev–Trinajstić information content (AvgIpc) is 2.33. The van der Waals surface area contributed by atoms with Crippen LogP contribution in [0.25, 0.3) is 0 Å². The molecule has 1 aromatic heterocycles. The van der Waals surface area contributed by atoms with Gasteiger partial charge in [0.25, 0.3) is 0 Å². The molecule has 0 aliphatic carbocycles. The summed E-state index contributed by atoms with van der Waals surface area (Å²) in [5.41, 5.74) is 10.5. The van der Waals surface area contributed by atoms with E-state index in [1.807, 2.05) is 0 Å². The molecule has 0 saturated carbocycles. The number of hydrogen-bond acceptors (Lipinski definition) is 2. The van der Waals surface area contributed by atoms with Gasteiger partial charge in [-0.3, -0.25) is 4.98 Å². The first-order valence-corrected chi connectivity index (χ1v) is 6.93. The fourth-order valence-corrected chi connectivity index (χ4v) is 2.07. The van der Waals surface area contributed by atoms with E-state index >= 15 is 0 Å². The number of nitrogens with zero attached hydrogens (tertiary/aromatic N) is 1. The van der Waals surface area contributed by atoms with Crippen molar-refractivity contribution < 1.29 is 0 Å². The molecule has 0 aliphatic rings. The van der Waals surface area contributed by atoms with Crippen LogP contribution >= 0.6 is 0 Å². The van der Waals surface area contributed by atoms with Gasteiger partial charge in [0.2, 0.25) is 0 Å². The monoisotopic (exact) mass is 246 g/mol. The van der Waals surface area contributed by atoms with Gasteiger partial charge < -0.3 is 5.73 Å². The lowest BCUT2D eigenvalue weighted by Gasteiger charge is -2.07. The number of aryl methyl sites for hydroxylation is 3. The van der Waals surface area contributed by atoms with Crippen molar-refractivity contribution in [2.75, 3.05) is 6.54 Å². The summed E-state index contributed by atoms with van der Waals surface area (Å²) in [5, 5.41) is 0. The quantitative estimate of drug-likeness (QED) is 0.562. The molecule has 100 valence electrons. The minimum atomic E-state index is 0.752. The molecule has 1 heterocycles. The molecule has 2 N–H and O–H groups in total. The second kappa shape index (κ2) is 8.04. The van der Waals surface area contributed by atoms with Gasteiger partial charge in [-0.15, -0.1) is 6.58 Å². The first kappa shape index (κ1) is 14.9. The Morgan fingerprint density at radius 1 is 1.22 bits per heavy atom. The summed E-state index contributed by atoms with van der Waals surface area (Å²) in [6, 6.07) is 4.38. The summed E-state index contributed by atoms with van der Waals surface area (Å²) in [7, 11) is 0. The third kappa shape index (κ3) is 5.46. The number of unbranched alkanes of at least 4 members (excludes halogenated alkanes) is 1. The van der Waals surface area contributed by atoms with Gasteiger partial charge in [-0.25, -0.2) is 0 Å². The topological polar surface area (TPSA) is 38.9 Å². The smallest absolute Gasteiger partial charge is 0.0407 e. The zero-order chi connectivity index (χ0) is 13.4. The number of pyridine rings is 1. The van der Waals surface area contributed by atoms with Gasteiger partial charge >= 0.3 is 0 Å². The first-order chi connectivity index (χ1) is 8.63. The normalized spacial score (nSPS) is 10.6. The lowest BCUT2D eigenvalue weighted by molar-refractivity contribution is 0.716. The minimum absolute atomic E-state index is 0.752. The summed E-state index contributed by atoms with van der Waals surface area (Å²) in [4.78, 5) is 4.68. The SMILES string of the molecule is C=C(C)CCCCc1ccc(CCCN)c(C)n1. The van der Waals surface area contributed by atoms with Gasteiger partial charge in [0, 0.05) is 11.4 Å². The summed E-state index contributed by atoms with van der Waals surface area (Å²) >= 11 is 0. The van der Waals surface area contributed by atoms with E-state index in [9.17, 15) is 0 Å². The number of hydrogen-bond donors (Lipinski definition) is 1. The lowest BCUT2D eigenvalue weighted by Crippen LogP contribution is -2.03. The molecule has 0 aliphatic heterocycles. The molecule has 0 aromatic carbocycles. The molecule has 0 spiro atoms. The van der Waals surface area contributed by atoms with Crippen molar-refractivity contribution in [2.24, 2.45) is 5.73 Å². The largest absolute Gasteiger partial charge is 0.330 e. The van der Waals surface area contributed by atoms with Gasteiger partial charge in [0.05, 0.1) is 0 Å². The highest BCUT2D eigenvalue weighted by Crippen LogP contribution is 2.12. The van der Waals surface area contributed by atoms with E-state index in [1.165, 1.54) is 35.4 Å². The van der Waals surface area contributed by atoms with Crippen molar-refractivity contribution in [1.29, 1.82) is 0 Å². The molecular formula is C16H26N2. The molecule has 0 bridgehead atoms. The minimum Gasteiger partial charge on any atom is -0.330 e. The van der Waals surface area contributed by atoms with E-state index in [0.717, 1.165) is 32.2 Å². The molecule has 1 aromatic rings. The van der Waals surface area contributed by atoms with Crippen LogP contribution in [0, 0.1) is 6.92 Å². The predicted molar refractivity (Wildman–Crippen MR) is 78.7 cm³/mol. The second-order valence-electron chi connectivity index (χ2n) is 5.10. The molecule has 2 heteroatoms. The van der Waals surface area contributed by atoms with Crippen molar-refractivity contribution in [1.82, 2.24) is 4.98 Å². The molecule has 0 unspecified atom stereocenters. The fourth-order valence-electron chi connectivity index (χ4n) is 2.07. The van der Waals surface area contributed by atoms with Gasteiger partial charge in [-0.1, -0.05) is 11.6 Å². The standard InChI is InChI=1S/C16H26N2/c1-13(2)7-4-5-9-16-11-10-15(8-6-12-17)14(3)18-16/h10-11H,1,4-9,12,17H2,2-3H3. The fraction of sp³-hybridized carbons (Fsp3) is 0.562. The third-order valence-electron chi connectivity index (χ3n) is 3.19. The summed E-state index contributed by atoms with van der Waals surface area (Å²) in [6.07, 6.45) is 6.71. The van der Waals surface area contributed by atoms with E-state index in [1.54, 1.807) is 0 Å². The number of aromatic nitrogens is 1. The van der Waals surface area contributed by atoms with Crippen molar-refractivity contribution in [3.8, 4) is 0 Å². The van der Waals surface area contributed by atoms with Crippen LogP contribution in [0.15, 0.2) is 24.3 Å². The average molecular weight is 246 g/mol. The Labute approximate surface area is 111 Å². The van der Waals surface area contributed by atoms with Crippen LogP contribution in [0.3, 0.4) is 0 Å². The summed E-state index contributed by atoms with van der Waals surface area (Å²) in [5.74, 6) is 0. The number of allylic oxidation sites excluding steroid dienone is 1. The molecule has 1 rings (SSSR count). The first-order valence-electron chi connectivity index (χ1n) is 6.93. The van der Waals surface area contributed by atoms with Gasteiger partial charge in [-0.05, 0) is 70.5 Å². The predicted octanol–water partition coefficient (Wildman–Crippen LogP) is 3.57. The Balaban J connectivity index is 2.43. The molecular weight excluding hydrogens is 220 g/mol. The third-order valence-corrected chi connectivity index (χ3v) is 3.19. The molecule has 0 fully saturated rings. The van der Waals surface area contributed by atoms with Crippen LogP contribution < -0.4 is 5.73 Å². The van der Waals surface area contributed by atoms with E-state index in [0.29, 0.717) is 0 Å². The zero-order valence-electron chi connectivity index (χ0n) is 11.8. The maximum absolute atomic E-state index is 5.53. The Morgan fingerprint density at radius 2 is 2.00 bits per heavy atom. The van der Waals surface area contributed by atoms with Crippen LogP contribution in [0.2, 0.25) is 0 Å². The second-order valence-corrected chi connectivity index (χ2v) is 5.10. The van der Waals surface area contributed by atoms with Crippen LogP contribution in [0.1, 0.15) is 49.6 Å². The van der Waals surface area contributed by atoms with Crippen molar-refractivity contribution in [3.05, 3.63) is 41.2 Å². The highest BCUT2D eigenvalue weighted by atomic mass is 14.7. The van der Waals surface area contributed by atoms with Gasteiger partial charge in [-0.2, -0.15) is 0 Å². The van der Waals surface area contributed by atoms with E-state index in [2.05, 4.69) is 37.5 Å². The summed E-state index contributed by atoms with van der Waals surface area (Å²) in [6.45, 7) is 8.87. The molecule has 2 nitrogen and oxygen atoms in total. The Bertz CT molecular complexity index is 383. The highest BCUT2D eigenvalue weighted by molar-refractivity contribution is 5.22. The van der Waals surface area contributed by atoms with Crippen LogP contribution in [0.4, 0.5) is 0 Å². The van der Waals surface area contributed by atoms with Crippen molar-refractivity contribution in [3.63, 3.8) is 0 Å². The van der Waals surface area contributed by atoms with E-state index in [-0.39, 0.29) is 0 Å². The number of rotatable bonds is 8. The molecule has 0 amide bonds. The van der Waals surface area contributed by atoms with Gasteiger partial charge in [0.1, 0.15) is 0 Å². The molecule has 0 atom stereocenters. The Hall–Kier alpha value is -1.15. The molecule has 0 saturated heterocycles. The lowest BCUT2D eigenvalue weighted by atomic mass is 10.1. The van der Waals surface area contributed by atoms with E-state index < -0.39 is 0 Å². The molecule has 0 radical (unpaired) electrons. The van der Waals surface area contributed by atoms with Crippen molar-refractivity contribution in [2.45, 2.75) is 52.4 Å². The Kier molecular flexibility index (Phi) is 6.66. The van der Waals surface area contributed by atoms with Crippen molar-refractivity contribution >= 4 is 0 Å². The maximum Gasteiger partial charge on any atom is 0.0407 e. The number of nitrogens with two attached hydrogens (primary N) is 1. The molecule has 18 heavy (non-hydrogen) atoms. The van der Waals surface area contributed by atoms with Crippen LogP contribution in [0.5, 0.6) is 0 Å². The van der Waals surface area contributed by atoms with Crippen LogP contribution in [-0.2, 0) is 12.8 Å². The maximum atomic E-state index is 5.53. The zero-order valence-corrected chi connectivity index (χ0v) is 11.8. The van der Waals surface area contributed by atoms with E-state index in [4.69, 9.17) is 5.73 Å².